The Morgan fingerprint density at radius 2 is 1.63 bits per heavy atom. The SMILES string of the molecule is O=C(c1cnc(-c2ccccc2)o1)N1CCN(C(=O)c2ccc(Br)cc2)C(c2ccc(Cl)cc2)C1. The molecule has 4 aromatic rings. The van der Waals surface area contributed by atoms with E-state index in [2.05, 4.69) is 20.9 Å². The molecule has 1 saturated heterocycles. The number of amides is 2. The number of hydrogen-bond acceptors (Lipinski definition) is 4. The van der Waals surface area contributed by atoms with Crippen molar-refractivity contribution in [2.24, 2.45) is 0 Å². The number of carbonyl (C=O) groups excluding carboxylic acids is 2. The maximum absolute atomic E-state index is 13.4. The Hall–Kier alpha value is -3.42. The van der Waals surface area contributed by atoms with Crippen molar-refractivity contribution in [1.29, 1.82) is 0 Å². The van der Waals surface area contributed by atoms with Gasteiger partial charge in [0.25, 0.3) is 11.8 Å². The quantitative estimate of drug-likeness (QED) is 0.308. The maximum Gasteiger partial charge on any atom is 0.291 e. The van der Waals surface area contributed by atoms with Crippen LogP contribution in [0.15, 0.2) is 93.9 Å². The monoisotopic (exact) mass is 549 g/mol. The first-order valence-electron chi connectivity index (χ1n) is 11.1. The molecule has 1 unspecified atom stereocenters. The summed E-state index contributed by atoms with van der Waals surface area (Å²) in [5.41, 5.74) is 2.30. The zero-order valence-electron chi connectivity index (χ0n) is 18.6. The number of carbonyl (C=O) groups is 2. The second-order valence-electron chi connectivity index (χ2n) is 8.22. The van der Waals surface area contributed by atoms with Gasteiger partial charge < -0.3 is 14.2 Å². The van der Waals surface area contributed by atoms with E-state index in [1.54, 1.807) is 29.2 Å². The minimum absolute atomic E-state index is 0.0874. The first-order valence-corrected chi connectivity index (χ1v) is 12.3. The highest BCUT2D eigenvalue weighted by Crippen LogP contribution is 2.30. The summed E-state index contributed by atoms with van der Waals surface area (Å²) in [7, 11) is 0. The third-order valence-electron chi connectivity index (χ3n) is 6.01. The van der Waals surface area contributed by atoms with E-state index in [0.29, 0.717) is 36.1 Å². The zero-order valence-corrected chi connectivity index (χ0v) is 20.9. The molecule has 6 nitrogen and oxygen atoms in total. The molecule has 0 bridgehead atoms. The van der Waals surface area contributed by atoms with Crippen molar-refractivity contribution < 1.29 is 14.0 Å². The largest absolute Gasteiger partial charge is 0.431 e. The summed E-state index contributed by atoms with van der Waals surface area (Å²) in [6, 6.07) is 23.8. The Balaban J connectivity index is 1.40. The molecule has 0 radical (unpaired) electrons. The Kier molecular flexibility index (Phi) is 6.70. The molecule has 35 heavy (non-hydrogen) atoms. The van der Waals surface area contributed by atoms with E-state index >= 15 is 0 Å². The van der Waals surface area contributed by atoms with E-state index in [9.17, 15) is 9.59 Å². The highest BCUT2D eigenvalue weighted by atomic mass is 79.9. The van der Waals surface area contributed by atoms with Gasteiger partial charge in [0.2, 0.25) is 11.7 Å². The van der Waals surface area contributed by atoms with Gasteiger partial charge in [0.15, 0.2) is 0 Å². The molecule has 1 aromatic heterocycles. The molecule has 176 valence electrons. The maximum atomic E-state index is 13.4. The fourth-order valence-corrected chi connectivity index (χ4v) is 4.57. The normalized spacial score (nSPS) is 15.8. The summed E-state index contributed by atoms with van der Waals surface area (Å²) < 4.78 is 6.69. The molecular formula is C27H21BrClN3O3. The average Bonchev–Trinajstić information content (AvgIpc) is 3.39. The summed E-state index contributed by atoms with van der Waals surface area (Å²) >= 11 is 9.52. The van der Waals surface area contributed by atoms with Gasteiger partial charge in [0.05, 0.1) is 12.2 Å². The van der Waals surface area contributed by atoms with Crippen molar-refractivity contribution in [1.82, 2.24) is 14.8 Å². The molecule has 0 saturated carbocycles. The number of hydrogen-bond donors (Lipinski definition) is 0. The Morgan fingerprint density at radius 1 is 0.914 bits per heavy atom. The Bertz CT molecular complexity index is 1340. The third kappa shape index (κ3) is 5.01. The van der Waals surface area contributed by atoms with Crippen LogP contribution in [0.5, 0.6) is 0 Å². The van der Waals surface area contributed by atoms with Crippen LogP contribution in [0.4, 0.5) is 0 Å². The van der Waals surface area contributed by atoms with Gasteiger partial charge in [0, 0.05) is 40.3 Å². The Morgan fingerprint density at radius 3 is 2.34 bits per heavy atom. The molecule has 3 aromatic carbocycles. The number of piperazine rings is 1. The van der Waals surface area contributed by atoms with E-state index in [1.165, 1.54) is 6.20 Å². The number of aromatic nitrogens is 1. The molecule has 0 N–H and O–H groups in total. The molecule has 1 atom stereocenters. The molecule has 1 fully saturated rings. The molecule has 8 heteroatoms. The van der Waals surface area contributed by atoms with E-state index < -0.39 is 0 Å². The fraction of sp³-hybridized carbons (Fsp3) is 0.148. The van der Waals surface area contributed by atoms with Gasteiger partial charge in [-0.15, -0.1) is 0 Å². The molecule has 2 heterocycles. The van der Waals surface area contributed by atoms with Gasteiger partial charge in [-0.3, -0.25) is 9.59 Å². The van der Waals surface area contributed by atoms with Crippen molar-refractivity contribution in [2.75, 3.05) is 19.6 Å². The molecule has 0 aliphatic carbocycles. The molecule has 2 amide bonds. The highest BCUT2D eigenvalue weighted by molar-refractivity contribution is 9.10. The minimum atomic E-state index is -0.336. The van der Waals surface area contributed by atoms with Crippen LogP contribution in [0.3, 0.4) is 0 Å². The lowest BCUT2D eigenvalue weighted by atomic mass is 10.0. The van der Waals surface area contributed by atoms with Crippen molar-refractivity contribution in [3.63, 3.8) is 0 Å². The number of nitrogens with zero attached hydrogens (tertiary/aromatic N) is 3. The van der Waals surface area contributed by atoms with Crippen molar-refractivity contribution >= 4 is 39.3 Å². The van der Waals surface area contributed by atoms with Gasteiger partial charge in [0.1, 0.15) is 0 Å². The van der Waals surface area contributed by atoms with E-state index in [1.807, 2.05) is 59.5 Å². The lowest BCUT2D eigenvalue weighted by Crippen LogP contribution is -2.52. The van der Waals surface area contributed by atoms with Crippen molar-refractivity contribution in [2.45, 2.75) is 6.04 Å². The van der Waals surface area contributed by atoms with Gasteiger partial charge >= 0.3 is 0 Å². The van der Waals surface area contributed by atoms with Crippen LogP contribution in [0.25, 0.3) is 11.5 Å². The predicted molar refractivity (Wildman–Crippen MR) is 137 cm³/mol. The smallest absolute Gasteiger partial charge is 0.291 e. The standard InChI is InChI=1S/C27H21BrClN3O3/c28-21-10-6-20(7-11-21)26(33)32-15-14-31(17-23(32)18-8-12-22(29)13-9-18)27(34)24-16-30-25(35-24)19-4-2-1-3-5-19/h1-13,16,23H,14-15,17H2. The molecule has 0 spiro atoms. The lowest BCUT2D eigenvalue weighted by Gasteiger charge is -2.41. The molecule has 1 aliphatic heterocycles. The van der Waals surface area contributed by atoms with E-state index in [0.717, 1.165) is 15.6 Å². The molecular weight excluding hydrogens is 530 g/mol. The van der Waals surface area contributed by atoms with Crippen molar-refractivity contribution in [3.05, 3.63) is 111 Å². The van der Waals surface area contributed by atoms with Crippen LogP contribution < -0.4 is 0 Å². The van der Waals surface area contributed by atoms with Crippen LogP contribution in [-0.4, -0.2) is 46.2 Å². The van der Waals surface area contributed by atoms with Crippen LogP contribution in [0, 0.1) is 0 Å². The first kappa shape index (κ1) is 23.3. The van der Waals surface area contributed by atoms with Crippen LogP contribution in [0.1, 0.15) is 32.5 Å². The predicted octanol–water partition coefficient (Wildman–Crippen LogP) is 6.10. The average molecular weight is 551 g/mol. The van der Waals surface area contributed by atoms with Crippen molar-refractivity contribution in [3.8, 4) is 11.5 Å². The van der Waals surface area contributed by atoms with Gasteiger partial charge in [-0.1, -0.05) is 57.9 Å². The zero-order chi connectivity index (χ0) is 24.4. The molecule has 5 rings (SSSR count). The Labute approximate surface area is 216 Å². The second-order valence-corrected chi connectivity index (χ2v) is 9.57. The number of oxazole rings is 1. The summed E-state index contributed by atoms with van der Waals surface area (Å²) in [6.07, 6.45) is 1.46. The topological polar surface area (TPSA) is 66.7 Å². The summed E-state index contributed by atoms with van der Waals surface area (Å²) in [5.74, 6) is 0.226. The van der Waals surface area contributed by atoms with Crippen LogP contribution in [-0.2, 0) is 0 Å². The molecule has 1 aliphatic rings. The fourth-order valence-electron chi connectivity index (χ4n) is 4.18. The summed E-state index contributed by atoms with van der Waals surface area (Å²) in [6.45, 7) is 1.09. The van der Waals surface area contributed by atoms with Gasteiger partial charge in [-0.05, 0) is 54.1 Å². The van der Waals surface area contributed by atoms with Gasteiger partial charge in [-0.25, -0.2) is 4.98 Å². The van der Waals surface area contributed by atoms with E-state index in [-0.39, 0.29) is 23.6 Å². The minimum Gasteiger partial charge on any atom is -0.431 e. The number of rotatable bonds is 4. The third-order valence-corrected chi connectivity index (χ3v) is 6.79. The summed E-state index contributed by atoms with van der Waals surface area (Å²) in [5, 5.41) is 0.610. The van der Waals surface area contributed by atoms with Crippen LogP contribution in [0.2, 0.25) is 5.02 Å². The lowest BCUT2D eigenvalue weighted by molar-refractivity contribution is 0.0369. The number of halogens is 2. The number of benzene rings is 3. The second kappa shape index (κ2) is 10.1. The first-order chi connectivity index (χ1) is 17.0. The van der Waals surface area contributed by atoms with Gasteiger partial charge in [-0.2, -0.15) is 0 Å². The summed E-state index contributed by atoms with van der Waals surface area (Å²) in [4.78, 5) is 34.5. The van der Waals surface area contributed by atoms with Crippen LogP contribution >= 0.6 is 27.5 Å². The highest BCUT2D eigenvalue weighted by Gasteiger charge is 2.35. The van der Waals surface area contributed by atoms with E-state index in [4.69, 9.17) is 16.0 Å².